The number of Topliss-reactive ketones (excluding diaryl/α,β-unsaturated/α-hetero) is 1. The molecule has 5 aliphatic rings. The highest BCUT2D eigenvalue weighted by molar-refractivity contribution is 6.22. The predicted octanol–water partition coefficient (Wildman–Crippen LogP) is 7.77. The molecule has 1 aromatic heterocycles. The summed E-state index contributed by atoms with van der Waals surface area (Å²) in [5.41, 5.74) is 5.01. The Morgan fingerprint density at radius 1 is 0.827 bits per heavy atom. The van der Waals surface area contributed by atoms with Crippen LogP contribution in [0.2, 0.25) is 0 Å². The molecule has 5 aromatic rings. The van der Waals surface area contributed by atoms with Gasteiger partial charge in [0.05, 0.1) is 34.3 Å². The van der Waals surface area contributed by atoms with Gasteiger partial charge in [0.25, 0.3) is 0 Å². The van der Waals surface area contributed by atoms with Crippen LogP contribution in [-0.2, 0) is 20.9 Å². The van der Waals surface area contributed by atoms with Crippen LogP contribution in [0.4, 0.5) is 5.69 Å². The maximum atomic E-state index is 13.8. The Labute approximate surface area is 301 Å². The first-order valence-electron chi connectivity index (χ1n) is 17.9. The molecule has 3 fully saturated rings. The van der Waals surface area contributed by atoms with Gasteiger partial charge in [-0.3, -0.25) is 19.3 Å². The molecule has 2 amide bonds. The van der Waals surface area contributed by atoms with E-state index in [1.54, 1.807) is 49.4 Å². The fraction of sp³-hybridized carbons (Fsp3) is 0.250. The van der Waals surface area contributed by atoms with Crippen LogP contribution in [0.3, 0.4) is 0 Å². The third kappa shape index (κ3) is 5.32. The third-order valence-electron chi connectivity index (χ3n) is 11.4. The third-order valence-corrected chi connectivity index (χ3v) is 11.4. The minimum Gasteiger partial charge on any atom is -0.489 e. The molecule has 2 bridgehead atoms. The molecule has 4 aliphatic carbocycles. The van der Waals surface area contributed by atoms with Crippen LogP contribution in [0.5, 0.6) is 5.75 Å². The molecule has 0 spiro atoms. The molecule has 2 heterocycles. The molecule has 8 nitrogen and oxygen atoms in total. The minimum absolute atomic E-state index is 0.104. The van der Waals surface area contributed by atoms with Gasteiger partial charge in [-0.25, -0.2) is 9.78 Å². The maximum Gasteiger partial charge on any atom is 0.339 e. The van der Waals surface area contributed by atoms with Gasteiger partial charge in [0, 0.05) is 16.5 Å². The predicted molar refractivity (Wildman–Crippen MR) is 196 cm³/mol. The van der Waals surface area contributed by atoms with Gasteiger partial charge in [0.2, 0.25) is 17.6 Å². The molecular weight excluding hydrogens is 652 g/mol. The molecule has 0 N–H and O–H groups in total. The van der Waals surface area contributed by atoms with E-state index in [-0.39, 0.29) is 46.8 Å². The van der Waals surface area contributed by atoms with Crippen molar-refractivity contribution in [2.45, 2.75) is 33.0 Å². The molecule has 52 heavy (non-hydrogen) atoms. The van der Waals surface area contributed by atoms with Crippen molar-refractivity contribution in [1.82, 2.24) is 4.98 Å². The molecule has 1 aliphatic heterocycles. The van der Waals surface area contributed by atoms with Crippen molar-refractivity contribution >= 4 is 40.2 Å². The number of carbonyl (C=O) groups excluding carboxylic acids is 4. The van der Waals surface area contributed by atoms with Gasteiger partial charge >= 0.3 is 5.97 Å². The number of aryl methyl sites for hydroxylation is 1. The van der Waals surface area contributed by atoms with Crippen molar-refractivity contribution in [2.24, 2.45) is 35.5 Å². The van der Waals surface area contributed by atoms with Gasteiger partial charge < -0.3 is 9.47 Å². The molecule has 1 saturated heterocycles. The van der Waals surface area contributed by atoms with Crippen LogP contribution in [0.15, 0.2) is 115 Å². The Kier molecular flexibility index (Phi) is 7.65. The highest BCUT2D eigenvalue weighted by Crippen LogP contribution is 2.65. The number of aromatic nitrogens is 1. The van der Waals surface area contributed by atoms with E-state index >= 15 is 0 Å². The number of benzene rings is 4. The number of para-hydroxylation sites is 1. The summed E-state index contributed by atoms with van der Waals surface area (Å²) >= 11 is 0. The average Bonchev–Trinajstić information content (AvgIpc) is 3.96. The fourth-order valence-electron chi connectivity index (χ4n) is 8.67. The number of allylic oxidation sites excluding steroid dienone is 2. The molecule has 10 rings (SSSR count). The highest BCUT2D eigenvalue weighted by atomic mass is 16.5. The fourth-order valence-corrected chi connectivity index (χ4v) is 8.67. The van der Waals surface area contributed by atoms with E-state index in [2.05, 4.69) is 12.2 Å². The number of carbonyl (C=O) groups is 4. The van der Waals surface area contributed by atoms with Crippen molar-refractivity contribution in [2.75, 3.05) is 4.90 Å². The summed E-state index contributed by atoms with van der Waals surface area (Å²) in [5.74, 6) is 0.307. The number of ketones is 1. The molecule has 7 unspecified atom stereocenters. The number of imide groups is 1. The van der Waals surface area contributed by atoms with Gasteiger partial charge in [-0.15, -0.1) is 0 Å². The number of nitrogens with zero attached hydrogens (tertiary/aromatic N) is 2. The molecule has 7 atom stereocenters. The summed E-state index contributed by atoms with van der Waals surface area (Å²) in [7, 11) is 0. The van der Waals surface area contributed by atoms with Gasteiger partial charge in [0.15, 0.2) is 6.10 Å². The van der Waals surface area contributed by atoms with Gasteiger partial charge in [-0.2, -0.15) is 0 Å². The van der Waals surface area contributed by atoms with Crippen LogP contribution in [0.1, 0.15) is 45.2 Å². The monoisotopic (exact) mass is 688 g/mol. The lowest BCUT2D eigenvalue weighted by atomic mass is 9.63. The standard InChI is InChI=1S/C44H36N2O6/c1-24-7-6-10-33-36(44(50)52-25(2)41(47)28-13-17-30(18-14-28)51-23-26-8-4-3-5-9-26)22-37(45-40(24)33)27-11-15-29(16-12-27)46-42(48)38-31-19-20-32(35-21-34(31)35)39(38)43(46)49/h3-20,22,25,31-32,34-35,38-39H,21,23H2,1-2H3. The Bertz CT molecular complexity index is 2260. The first kappa shape index (κ1) is 32.0. The maximum absolute atomic E-state index is 13.8. The SMILES string of the molecule is Cc1cccc2c(C(=O)OC(C)C(=O)c3ccc(OCc4ccccc4)cc3)cc(-c3ccc(N4C(=O)C5C6C=CC(C7CC67)C5C4=O)cc3)nc12. The molecule has 2 saturated carbocycles. The lowest BCUT2D eigenvalue weighted by Gasteiger charge is -2.37. The van der Waals surface area contributed by atoms with Crippen LogP contribution in [0.25, 0.3) is 22.2 Å². The van der Waals surface area contributed by atoms with Crippen LogP contribution in [-0.4, -0.2) is 34.7 Å². The Balaban J connectivity index is 0.934. The zero-order valence-electron chi connectivity index (χ0n) is 28.8. The Morgan fingerprint density at radius 2 is 1.50 bits per heavy atom. The van der Waals surface area contributed by atoms with E-state index in [0.717, 1.165) is 17.5 Å². The summed E-state index contributed by atoms with van der Waals surface area (Å²) < 4.78 is 11.6. The molecule has 4 aromatic carbocycles. The zero-order valence-corrected chi connectivity index (χ0v) is 28.8. The van der Waals surface area contributed by atoms with E-state index in [1.807, 2.05) is 67.6 Å². The molecular formula is C44H36N2O6. The summed E-state index contributed by atoms with van der Waals surface area (Å²) in [6.45, 7) is 3.90. The van der Waals surface area contributed by atoms with Crippen LogP contribution >= 0.6 is 0 Å². The van der Waals surface area contributed by atoms with Gasteiger partial charge in [0.1, 0.15) is 12.4 Å². The zero-order chi connectivity index (χ0) is 35.7. The van der Waals surface area contributed by atoms with E-state index in [4.69, 9.17) is 14.5 Å². The topological polar surface area (TPSA) is 103 Å². The van der Waals surface area contributed by atoms with Crippen molar-refractivity contribution < 1.29 is 28.7 Å². The second-order valence-electron chi connectivity index (χ2n) is 14.4. The van der Waals surface area contributed by atoms with Crippen molar-refractivity contribution in [3.05, 3.63) is 138 Å². The van der Waals surface area contributed by atoms with Crippen molar-refractivity contribution in [1.29, 1.82) is 0 Å². The summed E-state index contributed by atoms with van der Waals surface area (Å²) in [5, 5.41) is 0.613. The molecule has 0 radical (unpaired) electrons. The second kappa shape index (κ2) is 12.4. The number of pyridine rings is 1. The van der Waals surface area contributed by atoms with Crippen LogP contribution < -0.4 is 9.64 Å². The van der Waals surface area contributed by atoms with E-state index < -0.39 is 12.1 Å². The number of hydrogen-bond acceptors (Lipinski definition) is 7. The number of amides is 2. The lowest BCUT2D eigenvalue weighted by molar-refractivity contribution is -0.124. The number of rotatable bonds is 9. The largest absolute Gasteiger partial charge is 0.489 e. The quantitative estimate of drug-likeness (QED) is 0.0675. The second-order valence-corrected chi connectivity index (χ2v) is 14.4. The number of hydrogen-bond donors (Lipinski definition) is 0. The average molecular weight is 689 g/mol. The van der Waals surface area contributed by atoms with Crippen LogP contribution in [0, 0.1) is 42.4 Å². The van der Waals surface area contributed by atoms with Crippen molar-refractivity contribution in [3.8, 4) is 17.0 Å². The lowest BCUT2D eigenvalue weighted by Crippen LogP contribution is -2.40. The van der Waals surface area contributed by atoms with Crippen molar-refractivity contribution in [3.63, 3.8) is 0 Å². The first-order valence-corrected chi connectivity index (χ1v) is 17.9. The highest BCUT2D eigenvalue weighted by Gasteiger charge is 2.67. The number of anilines is 1. The summed E-state index contributed by atoms with van der Waals surface area (Å²) in [6.07, 6.45) is 4.42. The smallest absolute Gasteiger partial charge is 0.339 e. The Morgan fingerprint density at radius 3 is 2.17 bits per heavy atom. The first-order chi connectivity index (χ1) is 25.3. The van der Waals surface area contributed by atoms with E-state index in [9.17, 15) is 19.2 Å². The number of fused-ring (bicyclic) bond motifs is 1. The Hall–Kier alpha value is -5.89. The van der Waals surface area contributed by atoms with Gasteiger partial charge in [-0.05, 0) is 97.5 Å². The minimum atomic E-state index is -1.05. The number of ether oxygens (including phenoxy) is 2. The van der Waals surface area contributed by atoms with E-state index in [0.29, 0.717) is 57.6 Å². The van der Waals surface area contributed by atoms with E-state index in [1.165, 1.54) is 4.90 Å². The summed E-state index contributed by atoms with van der Waals surface area (Å²) in [6, 6.07) is 31.1. The molecule has 8 heteroatoms. The molecule has 258 valence electrons. The number of esters is 1. The van der Waals surface area contributed by atoms with Gasteiger partial charge in [-0.1, -0.05) is 72.8 Å². The normalized spacial score (nSPS) is 24.4. The summed E-state index contributed by atoms with van der Waals surface area (Å²) in [4.78, 5) is 60.7.